The molecule has 0 aliphatic carbocycles. The Bertz CT molecular complexity index is 718. The molecule has 2 amide bonds. The third kappa shape index (κ3) is 3.53. The Kier molecular flexibility index (Phi) is 4.32. The van der Waals surface area contributed by atoms with Crippen LogP contribution in [0.2, 0.25) is 0 Å². The highest BCUT2D eigenvalue weighted by Crippen LogP contribution is 2.19. The number of hydrogen-bond donors (Lipinski definition) is 1. The topological polar surface area (TPSA) is 75.2 Å². The first-order valence-electron chi connectivity index (χ1n) is 7.57. The third-order valence-corrected chi connectivity index (χ3v) is 3.82. The molecule has 0 unspecified atom stereocenters. The summed E-state index contributed by atoms with van der Waals surface area (Å²) in [7, 11) is 0. The van der Waals surface area contributed by atoms with E-state index in [0.717, 1.165) is 12.0 Å². The number of nitrogens with zero attached hydrogens (tertiary/aromatic N) is 3. The van der Waals surface area contributed by atoms with Crippen molar-refractivity contribution in [3.63, 3.8) is 0 Å². The fourth-order valence-corrected chi connectivity index (χ4v) is 2.77. The van der Waals surface area contributed by atoms with Crippen molar-refractivity contribution in [3.05, 3.63) is 48.3 Å². The van der Waals surface area contributed by atoms with Crippen molar-refractivity contribution in [1.29, 1.82) is 0 Å². The standard InChI is InChI=1S/C17H18N4O2/c1-12(22)20-15-6-9-21(11-15)17(23)14-5-2-4-13(10-14)16-18-7-3-8-19-16/h2-5,7-8,10,15H,6,9,11H2,1H3,(H,20,22)/t15-/m0/s1. The largest absolute Gasteiger partial charge is 0.352 e. The van der Waals surface area contributed by atoms with Crippen LogP contribution in [0.3, 0.4) is 0 Å². The van der Waals surface area contributed by atoms with Crippen LogP contribution in [0.4, 0.5) is 0 Å². The molecule has 6 nitrogen and oxygen atoms in total. The maximum Gasteiger partial charge on any atom is 0.253 e. The predicted molar refractivity (Wildman–Crippen MR) is 85.6 cm³/mol. The summed E-state index contributed by atoms with van der Waals surface area (Å²) in [6.45, 7) is 2.69. The lowest BCUT2D eigenvalue weighted by atomic mass is 10.1. The molecule has 6 heteroatoms. The average molecular weight is 310 g/mol. The van der Waals surface area contributed by atoms with Gasteiger partial charge in [-0.15, -0.1) is 0 Å². The van der Waals surface area contributed by atoms with Gasteiger partial charge in [-0.2, -0.15) is 0 Å². The molecule has 2 heterocycles. The van der Waals surface area contributed by atoms with Crippen LogP contribution in [0.1, 0.15) is 23.7 Å². The van der Waals surface area contributed by atoms with E-state index in [9.17, 15) is 9.59 Å². The Hall–Kier alpha value is -2.76. The van der Waals surface area contributed by atoms with Gasteiger partial charge in [0.2, 0.25) is 5.91 Å². The van der Waals surface area contributed by atoms with Crippen molar-refractivity contribution in [2.24, 2.45) is 0 Å². The van der Waals surface area contributed by atoms with Crippen LogP contribution in [0.25, 0.3) is 11.4 Å². The maximum absolute atomic E-state index is 12.6. The number of carbonyl (C=O) groups is 2. The van der Waals surface area contributed by atoms with Gasteiger partial charge in [0.25, 0.3) is 5.91 Å². The second kappa shape index (κ2) is 6.56. The first kappa shape index (κ1) is 15.1. The van der Waals surface area contributed by atoms with E-state index in [1.54, 1.807) is 29.4 Å². The Labute approximate surface area is 134 Å². The number of carbonyl (C=O) groups excluding carboxylic acids is 2. The minimum Gasteiger partial charge on any atom is -0.352 e. The summed E-state index contributed by atoms with van der Waals surface area (Å²) in [5.74, 6) is 0.503. The maximum atomic E-state index is 12.6. The van der Waals surface area contributed by atoms with Gasteiger partial charge in [-0.25, -0.2) is 9.97 Å². The summed E-state index contributed by atoms with van der Waals surface area (Å²) in [5, 5.41) is 2.86. The first-order valence-corrected chi connectivity index (χ1v) is 7.57. The number of aromatic nitrogens is 2. The molecule has 1 aromatic carbocycles. The SMILES string of the molecule is CC(=O)N[C@H]1CCN(C(=O)c2cccc(-c3ncccn3)c2)C1. The smallest absolute Gasteiger partial charge is 0.253 e. The van der Waals surface area contributed by atoms with E-state index in [2.05, 4.69) is 15.3 Å². The molecular weight excluding hydrogens is 292 g/mol. The van der Waals surface area contributed by atoms with E-state index in [4.69, 9.17) is 0 Å². The van der Waals surface area contributed by atoms with Gasteiger partial charge < -0.3 is 10.2 Å². The van der Waals surface area contributed by atoms with Crippen LogP contribution in [0.5, 0.6) is 0 Å². The molecule has 118 valence electrons. The number of benzene rings is 1. The second-order valence-corrected chi connectivity index (χ2v) is 5.59. The van der Waals surface area contributed by atoms with Crippen molar-refractivity contribution in [1.82, 2.24) is 20.2 Å². The molecule has 3 rings (SSSR count). The number of hydrogen-bond acceptors (Lipinski definition) is 4. The minimum absolute atomic E-state index is 0.0318. The molecule has 0 spiro atoms. The van der Waals surface area contributed by atoms with Crippen molar-refractivity contribution >= 4 is 11.8 Å². The average Bonchev–Trinajstić information content (AvgIpc) is 3.03. The van der Waals surface area contributed by atoms with Crippen LogP contribution in [-0.2, 0) is 4.79 Å². The molecule has 1 N–H and O–H groups in total. The Morgan fingerprint density at radius 2 is 2.00 bits per heavy atom. The van der Waals surface area contributed by atoms with Crippen LogP contribution in [0.15, 0.2) is 42.7 Å². The van der Waals surface area contributed by atoms with Gasteiger partial charge in [-0.05, 0) is 24.6 Å². The monoisotopic (exact) mass is 310 g/mol. The molecular formula is C17H18N4O2. The van der Waals surface area contributed by atoms with E-state index in [1.165, 1.54) is 6.92 Å². The summed E-state index contributed by atoms with van der Waals surface area (Å²) in [4.78, 5) is 33.9. The molecule has 1 aromatic heterocycles. The summed E-state index contributed by atoms with van der Waals surface area (Å²) in [6, 6.07) is 9.11. The lowest BCUT2D eigenvalue weighted by Gasteiger charge is -2.17. The molecule has 0 bridgehead atoms. The van der Waals surface area contributed by atoms with Gasteiger partial charge in [0.15, 0.2) is 5.82 Å². The van der Waals surface area contributed by atoms with E-state index in [-0.39, 0.29) is 17.9 Å². The molecule has 2 aromatic rings. The lowest BCUT2D eigenvalue weighted by molar-refractivity contribution is -0.119. The highest BCUT2D eigenvalue weighted by molar-refractivity contribution is 5.95. The number of rotatable bonds is 3. The molecule has 0 radical (unpaired) electrons. The molecule has 0 saturated carbocycles. The van der Waals surface area contributed by atoms with Crippen molar-refractivity contribution < 1.29 is 9.59 Å². The van der Waals surface area contributed by atoms with E-state index in [0.29, 0.717) is 24.5 Å². The van der Waals surface area contributed by atoms with Gasteiger partial charge in [0.1, 0.15) is 0 Å². The number of nitrogens with one attached hydrogen (secondary N) is 1. The summed E-state index contributed by atoms with van der Waals surface area (Å²) >= 11 is 0. The normalized spacial score (nSPS) is 17.1. The number of likely N-dealkylation sites (tertiary alicyclic amines) is 1. The van der Waals surface area contributed by atoms with E-state index < -0.39 is 0 Å². The highest BCUT2D eigenvalue weighted by Gasteiger charge is 2.27. The van der Waals surface area contributed by atoms with Crippen LogP contribution < -0.4 is 5.32 Å². The summed E-state index contributed by atoms with van der Waals surface area (Å²) < 4.78 is 0. The summed E-state index contributed by atoms with van der Waals surface area (Å²) in [5.41, 5.74) is 1.42. The van der Waals surface area contributed by atoms with Crippen molar-refractivity contribution in [2.45, 2.75) is 19.4 Å². The Balaban J connectivity index is 1.75. The fraction of sp³-hybridized carbons (Fsp3) is 0.294. The van der Waals surface area contributed by atoms with Gasteiger partial charge >= 0.3 is 0 Å². The molecule has 23 heavy (non-hydrogen) atoms. The Morgan fingerprint density at radius 1 is 1.22 bits per heavy atom. The highest BCUT2D eigenvalue weighted by atomic mass is 16.2. The minimum atomic E-state index is -0.0625. The second-order valence-electron chi connectivity index (χ2n) is 5.59. The van der Waals surface area contributed by atoms with Crippen molar-refractivity contribution in [2.75, 3.05) is 13.1 Å². The van der Waals surface area contributed by atoms with Gasteiger partial charge in [0, 0.05) is 49.6 Å². The zero-order valence-corrected chi connectivity index (χ0v) is 12.9. The van der Waals surface area contributed by atoms with Gasteiger partial charge in [0.05, 0.1) is 0 Å². The predicted octanol–water partition coefficient (Wildman–Crippen LogP) is 1.49. The molecule has 1 saturated heterocycles. The van der Waals surface area contributed by atoms with E-state index in [1.807, 2.05) is 18.2 Å². The third-order valence-electron chi connectivity index (χ3n) is 3.82. The van der Waals surface area contributed by atoms with Gasteiger partial charge in [-0.3, -0.25) is 9.59 Å². The van der Waals surface area contributed by atoms with Crippen LogP contribution >= 0.6 is 0 Å². The molecule has 1 aliphatic heterocycles. The zero-order chi connectivity index (χ0) is 16.2. The lowest BCUT2D eigenvalue weighted by Crippen LogP contribution is -2.37. The zero-order valence-electron chi connectivity index (χ0n) is 12.9. The summed E-state index contributed by atoms with van der Waals surface area (Å²) in [6.07, 6.45) is 4.14. The molecule has 1 atom stereocenters. The van der Waals surface area contributed by atoms with Crippen LogP contribution in [-0.4, -0.2) is 45.8 Å². The molecule has 1 fully saturated rings. The molecule has 1 aliphatic rings. The van der Waals surface area contributed by atoms with E-state index >= 15 is 0 Å². The Morgan fingerprint density at radius 3 is 2.74 bits per heavy atom. The van der Waals surface area contributed by atoms with Crippen LogP contribution in [0, 0.1) is 0 Å². The quantitative estimate of drug-likeness (QED) is 0.932. The fourth-order valence-electron chi connectivity index (χ4n) is 2.77. The number of amides is 2. The first-order chi connectivity index (χ1) is 11.1. The van der Waals surface area contributed by atoms with Crippen molar-refractivity contribution in [3.8, 4) is 11.4 Å². The van der Waals surface area contributed by atoms with Gasteiger partial charge in [-0.1, -0.05) is 12.1 Å².